The predicted octanol–water partition coefficient (Wildman–Crippen LogP) is 4.30. The van der Waals surface area contributed by atoms with Gasteiger partial charge in [0, 0.05) is 41.3 Å². The Kier molecular flexibility index (Phi) is 3.35. The van der Waals surface area contributed by atoms with Crippen LogP contribution >= 0.6 is 0 Å². The maximum atomic E-state index is 4.55. The van der Waals surface area contributed by atoms with E-state index in [2.05, 4.69) is 49.4 Å². The van der Waals surface area contributed by atoms with Gasteiger partial charge in [-0.15, -0.1) is 0 Å². The lowest BCUT2D eigenvalue weighted by atomic mass is 10.0. The van der Waals surface area contributed by atoms with Gasteiger partial charge in [0.25, 0.3) is 0 Å². The molecule has 0 unspecified atom stereocenters. The van der Waals surface area contributed by atoms with Gasteiger partial charge in [-0.05, 0) is 54.1 Å². The number of hydrogen-bond donors (Lipinski definition) is 0. The summed E-state index contributed by atoms with van der Waals surface area (Å²) in [6, 6.07) is 18.0. The Morgan fingerprint density at radius 1 is 0.577 bits per heavy atom. The van der Waals surface area contributed by atoms with E-state index in [1.165, 1.54) is 0 Å². The van der Waals surface area contributed by atoms with Gasteiger partial charge >= 0.3 is 0 Å². The molecule has 0 amide bonds. The fraction of sp³-hybridized carbons (Fsp3) is 0. The molecule has 4 aromatic heterocycles. The molecular weight excluding hydrogens is 322 g/mol. The molecule has 0 aliphatic heterocycles. The molecule has 0 N–H and O–H groups in total. The number of aromatic nitrogens is 5. The second kappa shape index (κ2) is 5.97. The average molecular weight is 335 g/mol. The molecule has 0 radical (unpaired) electrons. The number of benzene rings is 1. The van der Waals surface area contributed by atoms with E-state index in [-0.39, 0.29) is 0 Å². The highest BCUT2D eigenvalue weighted by Crippen LogP contribution is 2.27. The van der Waals surface area contributed by atoms with Gasteiger partial charge in [0.2, 0.25) is 0 Å². The molecule has 0 bridgehead atoms. The van der Waals surface area contributed by atoms with Gasteiger partial charge in [0.1, 0.15) is 0 Å². The minimum Gasteiger partial charge on any atom is -0.256 e. The zero-order valence-electron chi connectivity index (χ0n) is 13.7. The first kappa shape index (κ1) is 14.6. The Bertz CT molecular complexity index is 1240. The summed E-state index contributed by atoms with van der Waals surface area (Å²) in [6.45, 7) is 0. The lowest BCUT2D eigenvalue weighted by Gasteiger charge is -2.06. The molecular formula is C21H13N5. The van der Waals surface area contributed by atoms with Crippen molar-refractivity contribution in [1.82, 2.24) is 25.1 Å². The molecule has 0 saturated heterocycles. The van der Waals surface area contributed by atoms with Crippen molar-refractivity contribution in [2.45, 2.75) is 0 Å². The van der Waals surface area contributed by atoms with Crippen molar-refractivity contribution >= 4 is 21.9 Å². The monoisotopic (exact) mass is 335 g/mol. The summed E-state index contributed by atoms with van der Waals surface area (Å²) in [5.41, 5.74) is 6.58. The van der Waals surface area contributed by atoms with Gasteiger partial charge in [-0.25, -0.2) is 0 Å². The van der Waals surface area contributed by atoms with Gasteiger partial charge in [0.15, 0.2) is 0 Å². The minimum absolute atomic E-state index is 0.809. The molecule has 0 saturated carbocycles. The number of rotatable bonds is 2. The van der Waals surface area contributed by atoms with E-state index >= 15 is 0 Å². The molecule has 1 aromatic carbocycles. The Labute approximate surface area is 149 Å². The standard InChI is InChI=1S/C21H13N5/c1-4-20-21(22-7-1)11-16(12-24-20)14-5-6-18-15(9-14)10-17(13-23-18)19-3-2-8-25-26-19/h1-13H. The normalized spacial score (nSPS) is 11.1. The number of fused-ring (bicyclic) bond motifs is 2. The molecule has 5 heteroatoms. The quantitative estimate of drug-likeness (QED) is 0.481. The molecule has 26 heavy (non-hydrogen) atoms. The number of pyridine rings is 3. The van der Waals surface area contributed by atoms with Crippen molar-refractivity contribution < 1.29 is 0 Å². The second-order valence-electron chi connectivity index (χ2n) is 6.01. The highest BCUT2D eigenvalue weighted by atomic mass is 15.1. The highest BCUT2D eigenvalue weighted by Gasteiger charge is 2.06. The Hall–Kier alpha value is -3.73. The molecule has 0 spiro atoms. The average Bonchev–Trinajstić information content (AvgIpc) is 2.73. The zero-order valence-corrected chi connectivity index (χ0v) is 13.7. The summed E-state index contributed by atoms with van der Waals surface area (Å²) >= 11 is 0. The lowest BCUT2D eigenvalue weighted by Crippen LogP contribution is -1.89. The van der Waals surface area contributed by atoms with E-state index in [4.69, 9.17) is 0 Å². The van der Waals surface area contributed by atoms with Crippen LogP contribution in [-0.4, -0.2) is 25.1 Å². The number of hydrogen-bond acceptors (Lipinski definition) is 5. The lowest BCUT2D eigenvalue weighted by molar-refractivity contribution is 1.04. The fourth-order valence-electron chi connectivity index (χ4n) is 3.02. The van der Waals surface area contributed by atoms with Crippen molar-refractivity contribution in [2.75, 3.05) is 0 Å². The fourth-order valence-corrected chi connectivity index (χ4v) is 3.02. The second-order valence-corrected chi connectivity index (χ2v) is 6.01. The van der Waals surface area contributed by atoms with Crippen LogP contribution in [0.15, 0.2) is 79.4 Å². The van der Waals surface area contributed by atoms with Gasteiger partial charge in [-0.3, -0.25) is 15.0 Å². The van der Waals surface area contributed by atoms with Crippen LogP contribution < -0.4 is 0 Å². The summed E-state index contributed by atoms with van der Waals surface area (Å²) < 4.78 is 0. The van der Waals surface area contributed by atoms with E-state index in [0.29, 0.717) is 0 Å². The van der Waals surface area contributed by atoms with Gasteiger partial charge in [0.05, 0.1) is 22.2 Å². The summed E-state index contributed by atoms with van der Waals surface area (Å²) in [7, 11) is 0. The van der Waals surface area contributed by atoms with E-state index < -0.39 is 0 Å². The third kappa shape index (κ3) is 2.56. The molecule has 0 fully saturated rings. The van der Waals surface area contributed by atoms with Crippen molar-refractivity contribution in [3.05, 3.63) is 79.4 Å². The predicted molar refractivity (Wildman–Crippen MR) is 101 cm³/mol. The van der Waals surface area contributed by atoms with Crippen molar-refractivity contribution in [3.63, 3.8) is 0 Å². The van der Waals surface area contributed by atoms with Crippen LogP contribution in [0.1, 0.15) is 0 Å². The van der Waals surface area contributed by atoms with Crippen LogP contribution in [0.25, 0.3) is 44.3 Å². The van der Waals surface area contributed by atoms with E-state index in [9.17, 15) is 0 Å². The summed E-state index contributed by atoms with van der Waals surface area (Å²) in [5, 5.41) is 9.15. The van der Waals surface area contributed by atoms with E-state index in [1.807, 2.05) is 42.7 Å². The molecule has 4 heterocycles. The molecule has 5 rings (SSSR count). The maximum Gasteiger partial charge on any atom is 0.0945 e. The SMILES string of the molecule is c1cnnc(-c2cnc3ccc(-c4cnc5cccnc5c4)cc3c2)c1. The molecule has 0 aliphatic rings. The topological polar surface area (TPSA) is 64.5 Å². The van der Waals surface area contributed by atoms with Crippen LogP contribution in [0, 0.1) is 0 Å². The third-order valence-electron chi connectivity index (χ3n) is 4.33. The van der Waals surface area contributed by atoms with Crippen molar-refractivity contribution in [3.8, 4) is 22.4 Å². The van der Waals surface area contributed by atoms with E-state index in [1.54, 1.807) is 12.4 Å². The Morgan fingerprint density at radius 3 is 2.35 bits per heavy atom. The van der Waals surface area contributed by atoms with Crippen LogP contribution in [-0.2, 0) is 0 Å². The van der Waals surface area contributed by atoms with Crippen molar-refractivity contribution in [1.29, 1.82) is 0 Å². The maximum absolute atomic E-state index is 4.55. The molecule has 122 valence electrons. The van der Waals surface area contributed by atoms with Crippen LogP contribution in [0.2, 0.25) is 0 Å². The summed E-state index contributed by atoms with van der Waals surface area (Å²) in [5.74, 6) is 0. The number of nitrogens with zero attached hydrogens (tertiary/aromatic N) is 5. The first-order valence-electron chi connectivity index (χ1n) is 8.26. The molecule has 0 aliphatic carbocycles. The summed E-state index contributed by atoms with van der Waals surface area (Å²) in [4.78, 5) is 13.4. The van der Waals surface area contributed by atoms with E-state index in [0.717, 1.165) is 44.3 Å². The summed E-state index contributed by atoms with van der Waals surface area (Å²) in [6.07, 6.45) is 7.15. The minimum atomic E-state index is 0.809. The van der Waals surface area contributed by atoms with Crippen LogP contribution in [0.5, 0.6) is 0 Å². The first-order valence-corrected chi connectivity index (χ1v) is 8.26. The molecule has 5 nitrogen and oxygen atoms in total. The zero-order chi connectivity index (χ0) is 17.3. The third-order valence-corrected chi connectivity index (χ3v) is 4.33. The Balaban J connectivity index is 1.63. The highest BCUT2D eigenvalue weighted by molar-refractivity contribution is 5.88. The largest absolute Gasteiger partial charge is 0.256 e. The van der Waals surface area contributed by atoms with Gasteiger partial charge < -0.3 is 0 Å². The van der Waals surface area contributed by atoms with Gasteiger partial charge in [-0.2, -0.15) is 10.2 Å². The van der Waals surface area contributed by atoms with Crippen LogP contribution in [0.4, 0.5) is 0 Å². The van der Waals surface area contributed by atoms with Crippen LogP contribution in [0.3, 0.4) is 0 Å². The Morgan fingerprint density at radius 2 is 1.42 bits per heavy atom. The first-order chi connectivity index (χ1) is 12.9. The molecule has 5 aromatic rings. The van der Waals surface area contributed by atoms with Gasteiger partial charge in [-0.1, -0.05) is 6.07 Å². The smallest absolute Gasteiger partial charge is 0.0945 e. The van der Waals surface area contributed by atoms with Crippen molar-refractivity contribution in [2.24, 2.45) is 0 Å². The molecule has 0 atom stereocenters.